The topological polar surface area (TPSA) is 65.0 Å². The summed E-state index contributed by atoms with van der Waals surface area (Å²) in [6.07, 6.45) is 1.65. The number of carbonyl (C=O) groups is 1. The van der Waals surface area contributed by atoms with Crippen LogP contribution in [0.2, 0.25) is 0 Å². The zero-order valence-corrected chi connectivity index (χ0v) is 11.5. The first-order valence-electron chi connectivity index (χ1n) is 6.87. The van der Waals surface area contributed by atoms with Crippen molar-refractivity contribution < 1.29 is 24.1 Å². The number of hydrogen-bond donors (Lipinski definition) is 1. The number of ether oxygens (including phenoxy) is 3. The van der Waals surface area contributed by atoms with E-state index < -0.39 is 0 Å². The van der Waals surface area contributed by atoms with Crippen molar-refractivity contribution in [1.29, 1.82) is 0 Å². The molecule has 0 amide bonds. The molecule has 4 rings (SSSR count). The second-order valence-electron chi connectivity index (χ2n) is 5.02. The van der Waals surface area contributed by atoms with Gasteiger partial charge in [-0.1, -0.05) is 6.07 Å². The first kappa shape index (κ1) is 12.8. The number of fused-ring (bicyclic) bond motifs is 2. The molecule has 0 fully saturated rings. The number of Topliss-reactive ketones (excluding diaryl/α,β-unsaturated/α-hetero) is 1. The highest BCUT2D eigenvalue weighted by molar-refractivity contribution is 6.14. The number of carbonyl (C=O) groups excluding carboxylic acids is 1. The number of ketones is 1. The predicted molar refractivity (Wildman–Crippen MR) is 78.5 cm³/mol. The van der Waals surface area contributed by atoms with Crippen molar-refractivity contribution in [1.82, 2.24) is 0 Å². The van der Waals surface area contributed by atoms with Gasteiger partial charge in [-0.15, -0.1) is 0 Å². The van der Waals surface area contributed by atoms with E-state index in [-0.39, 0.29) is 17.3 Å². The van der Waals surface area contributed by atoms with Gasteiger partial charge in [0, 0.05) is 6.07 Å². The quantitative estimate of drug-likeness (QED) is 0.820. The third kappa shape index (κ3) is 2.07. The Hall–Kier alpha value is -2.95. The van der Waals surface area contributed by atoms with Crippen LogP contribution in [0.25, 0.3) is 6.08 Å². The third-order valence-corrected chi connectivity index (χ3v) is 3.52. The molecule has 0 radical (unpaired) electrons. The van der Waals surface area contributed by atoms with Crippen LogP contribution in [0.3, 0.4) is 0 Å². The van der Waals surface area contributed by atoms with Crippen LogP contribution in [-0.4, -0.2) is 24.1 Å². The largest absolute Gasteiger partial charge is 0.508 e. The normalized spacial score (nSPS) is 17.3. The van der Waals surface area contributed by atoms with E-state index in [1.165, 1.54) is 12.1 Å². The second kappa shape index (κ2) is 4.80. The van der Waals surface area contributed by atoms with Crippen LogP contribution in [0.4, 0.5) is 0 Å². The maximum atomic E-state index is 12.3. The Morgan fingerprint density at radius 1 is 0.955 bits per heavy atom. The molecule has 5 heteroatoms. The average molecular weight is 296 g/mol. The molecular formula is C17H12O5. The lowest BCUT2D eigenvalue weighted by molar-refractivity contribution is 0.101. The zero-order valence-electron chi connectivity index (χ0n) is 11.5. The standard InChI is InChI=1S/C17H12O5/c18-11-2-3-12-14(9-11)22-16(17(12)19)8-10-1-4-13-15(7-10)21-6-5-20-13/h1-4,7-9,18H,5-6H2/b16-8-. The van der Waals surface area contributed by atoms with Crippen molar-refractivity contribution in [3.63, 3.8) is 0 Å². The molecule has 0 bridgehead atoms. The van der Waals surface area contributed by atoms with Gasteiger partial charge in [-0.25, -0.2) is 0 Å². The maximum absolute atomic E-state index is 12.3. The van der Waals surface area contributed by atoms with Crippen molar-refractivity contribution >= 4 is 11.9 Å². The van der Waals surface area contributed by atoms with Gasteiger partial charge in [0.15, 0.2) is 17.3 Å². The van der Waals surface area contributed by atoms with Gasteiger partial charge in [0.1, 0.15) is 24.7 Å². The van der Waals surface area contributed by atoms with E-state index in [9.17, 15) is 9.90 Å². The summed E-state index contributed by atoms with van der Waals surface area (Å²) in [4.78, 5) is 12.3. The molecule has 0 spiro atoms. The van der Waals surface area contributed by atoms with E-state index in [4.69, 9.17) is 14.2 Å². The highest BCUT2D eigenvalue weighted by atomic mass is 16.6. The molecule has 0 atom stereocenters. The van der Waals surface area contributed by atoms with Crippen molar-refractivity contribution in [2.24, 2.45) is 0 Å². The predicted octanol–water partition coefficient (Wildman–Crippen LogP) is 2.78. The summed E-state index contributed by atoms with van der Waals surface area (Å²) in [6, 6.07) is 9.89. The summed E-state index contributed by atoms with van der Waals surface area (Å²) in [7, 11) is 0. The number of rotatable bonds is 1. The minimum atomic E-state index is -0.204. The van der Waals surface area contributed by atoms with Gasteiger partial charge in [0.2, 0.25) is 5.78 Å². The van der Waals surface area contributed by atoms with Crippen LogP contribution in [-0.2, 0) is 0 Å². The molecule has 0 aromatic heterocycles. The minimum Gasteiger partial charge on any atom is -0.508 e. The summed E-state index contributed by atoms with van der Waals surface area (Å²) in [6.45, 7) is 1.04. The van der Waals surface area contributed by atoms with E-state index >= 15 is 0 Å². The van der Waals surface area contributed by atoms with E-state index in [2.05, 4.69) is 0 Å². The maximum Gasteiger partial charge on any atom is 0.231 e. The van der Waals surface area contributed by atoms with Crippen molar-refractivity contribution in [2.75, 3.05) is 13.2 Å². The third-order valence-electron chi connectivity index (χ3n) is 3.52. The molecule has 5 nitrogen and oxygen atoms in total. The summed E-state index contributed by atoms with van der Waals surface area (Å²) < 4.78 is 16.5. The van der Waals surface area contributed by atoms with Crippen molar-refractivity contribution in [3.05, 3.63) is 53.3 Å². The Morgan fingerprint density at radius 2 is 1.77 bits per heavy atom. The van der Waals surface area contributed by atoms with Crippen LogP contribution < -0.4 is 14.2 Å². The molecular weight excluding hydrogens is 284 g/mol. The van der Waals surface area contributed by atoms with Gasteiger partial charge >= 0.3 is 0 Å². The molecule has 2 aromatic rings. The van der Waals surface area contributed by atoms with E-state index in [0.717, 1.165) is 5.56 Å². The SMILES string of the molecule is O=C1/C(=C/c2ccc3c(c2)OCCO3)Oc2cc(O)ccc21. The number of aromatic hydroxyl groups is 1. The first-order chi connectivity index (χ1) is 10.7. The van der Waals surface area contributed by atoms with Crippen LogP contribution >= 0.6 is 0 Å². The Bertz CT molecular complexity index is 807. The smallest absolute Gasteiger partial charge is 0.231 e. The highest BCUT2D eigenvalue weighted by Gasteiger charge is 2.27. The second-order valence-corrected chi connectivity index (χ2v) is 5.02. The molecule has 1 N–H and O–H groups in total. The summed E-state index contributed by atoms with van der Waals surface area (Å²) >= 11 is 0. The van der Waals surface area contributed by atoms with Gasteiger partial charge in [-0.2, -0.15) is 0 Å². The molecule has 0 unspecified atom stereocenters. The molecule has 0 saturated heterocycles. The number of phenols is 1. The Balaban J connectivity index is 1.68. The fourth-order valence-corrected chi connectivity index (χ4v) is 2.48. The zero-order chi connectivity index (χ0) is 15.1. The van der Waals surface area contributed by atoms with E-state index in [1.54, 1.807) is 24.3 Å². The summed E-state index contributed by atoms with van der Waals surface area (Å²) in [5, 5.41) is 9.45. The molecule has 2 aromatic carbocycles. The van der Waals surface area contributed by atoms with E-state index in [1.807, 2.05) is 6.07 Å². The van der Waals surface area contributed by atoms with Gasteiger partial charge in [-0.05, 0) is 35.9 Å². The van der Waals surface area contributed by atoms with Gasteiger partial charge < -0.3 is 19.3 Å². The number of benzene rings is 2. The lowest BCUT2D eigenvalue weighted by atomic mass is 10.1. The first-order valence-corrected chi connectivity index (χ1v) is 6.87. The van der Waals surface area contributed by atoms with Crippen molar-refractivity contribution in [2.45, 2.75) is 0 Å². The van der Waals surface area contributed by atoms with Gasteiger partial charge in [-0.3, -0.25) is 4.79 Å². The van der Waals surface area contributed by atoms with Gasteiger partial charge in [0.05, 0.1) is 5.56 Å². The molecule has 0 saturated carbocycles. The molecule has 22 heavy (non-hydrogen) atoms. The van der Waals surface area contributed by atoms with Crippen LogP contribution in [0.5, 0.6) is 23.0 Å². The van der Waals surface area contributed by atoms with Crippen molar-refractivity contribution in [3.8, 4) is 23.0 Å². The fourth-order valence-electron chi connectivity index (χ4n) is 2.48. The lowest BCUT2D eigenvalue weighted by Gasteiger charge is -2.18. The van der Waals surface area contributed by atoms with Crippen LogP contribution in [0.15, 0.2) is 42.2 Å². The van der Waals surface area contributed by atoms with Crippen LogP contribution in [0.1, 0.15) is 15.9 Å². The summed E-state index contributed by atoms with van der Waals surface area (Å²) in [5.41, 5.74) is 1.23. The molecule has 2 aliphatic rings. The fraction of sp³-hybridized carbons (Fsp3) is 0.118. The number of hydrogen-bond acceptors (Lipinski definition) is 5. The number of phenolic OH excluding ortho intramolecular Hbond substituents is 1. The number of allylic oxidation sites excluding steroid dienone is 1. The monoisotopic (exact) mass is 296 g/mol. The average Bonchev–Trinajstić information content (AvgIpc) is 2.82. The Morgan fingerprint density at radius 3 is 2.64 bits per heavy atom. The van der Waals surface area contributed by atoms with Crippen LogP contribution in [0, 0.1) is 0 Å². The lowest BCUT2D eigenvalue weighted by Crippen LogP contribution is -2.15. The Labute approximate surface area is 126 Å². The molecule has 2 aliphatic heterocycles. The highest BCUT2D eigenvalue weighted by Crippen LogP contribution is 2.36. The van der Waals surface area contributed by atoms with E-state index in [0.29, 0.717) is 36.0 Å². The molecule has 2 heterocycles. The Kier molecular flexibility index (Phi) is 2.79. The minimum absolute atomic E-state index is 0.0622. The van der Waals surface area contributed by atoms with Gasteiger partial charge in [0.25, 0.3) is 0 Å². The molecule has 110 valence electrons. The molecule has 0 aliphatic carbocycles. The summed E-state index contributed by atoms with van der Waals surface area (Å²) in [5.74, 6) is 1.80.